The number of ether oxygens (including phenoxy) is 1. The van der Waals surface area contributed by atoms with Crippen LogP contribution in [0.25, 0.3) is 11.3 Å². The summed E-state index contributed by atoms with van der Waals surface area (Å²) in [6.45, 7) is 0. The molecule has 2 aromatic carbocycles. The van der Waals surface area contributed by atoms with E-state index in [0.29, 0.717) is 16.3 Å². The maximum Gasteiger partial charge on any atom is 0.287 e. The van der Waals surface area contributed by atoms with Crippen LogP contribution in [0.2, 0.25) is 5.02 Å². The molecule has 0 spiro atoms. The van der Waals surface area contributed by atoms with Crippen molar-refractivity contribution >= 4 is 35.0 Å². The quantitative estimate of drug-likeness (QED) is 0.411. The Bertz CT molecular complexity index is 1120. The van der Waals surface area contributed by atoms with Crippen LogP contribution in [0.1, 0.15) is 22.1 Å². The van der Waals surface area contributed by atoms with Gasteiger partial charge >= 0.3 is 0 Å². The van der Waals surface area contributed by atoms with Crippen LogP contribution in [-0.2, 0) is 4.79 Å². The molecule has 1 saturated heterocycles. The number of hydrogen-bond donors (Lipinski definition) is 3. The van der Waals surface area contributed by atoms with Crippen LogP contribution < -0.4 is 10.2 Å². The second-order valence-corrected chi connectivity index (χ2v) is 7.51. The van der Waals surface area contributed by atoms with E-state index in [1.807, 2.05) is 0 Å². The van der Waals surface area contributed by atoms with Crippen LogP contribution in [0, 0.1) is 0 Å². The van der Waals surface area contributed by atoms with Gasteiger partial charge in [-0.15, -0.1) is 11.6 Å². The molecule has 4 rings (SSSR count). The number of phenols is 1. The number of aromatic hydroxyl groups is 1. The van der Waals surface area contributed by atoms with Gasteiger partial charge in [-0.1, -0.05) is 29.8 Å². The summed E-state index contributed by atoms with van der Waals surface area (Å²) >= 11 is 12.1. The molecule has 2 heterocycles. The first-order valence-electron chi connectivity index (χ1n) is 8.85. The van der Waals surface area contributed by atoms with Gasteiger partial charge in [-0.05, 0) is 35.9 Å². The Kier molecular flexibility index (Phi) is 5.27. The second-order valence-electron chi connectivity index (χ2n) is 6.60. The number of H-pyrrole nitrogens is 1. The highest BCUT2D eigenvalue weighted by atomic mass is 35.5. The van der Waals surface area contributed by atoms with Gasteiger partial charge in [0, 0.05) is 10.6 Å². The highest BCUT2D eigenvalue weighted by molar-refractivity contribution is 6.33. The Balaban J connectivity index is 1.52. The molecule has 0 radical (unpaired) electrons. The molecule has 30 heavy (non-hydrogen) atoms. The largest absolute Gasteiger partial charge is 0.504 e. The van der Waals surface area contributed by atoms with Gasteiger partial charge in [0.1, 0.15) is 17.1 Å². The van der Waals surface area contributed by atoms with Crippen LogP contribution in [0.5, 0.6) is 11.5 Å². The van der Waals surface area contributed by atoms with E-state index in [2.05, 4.69) is 15.6 Å². The number of amides is 2. The molecule has 1 aliphatic rings. The first kappa shape index (κ1) is 20.1. The third-order valence-corrected chi connectivity index (χ3v) is 5.44. The zero-order valence-corrected chi connectivity index (χ0v) is 17.1. The molecule has 1 fully saturated rings. The topological polar surface area (TPSA) is 108 Å². The van der Waals surface area contributed by atoms with E-state index in [0.717, 1.165) is 10.6 Å². The maximum absolute atomic E-state index is 12.6. The summed E-state index contributed by atoms with van der Waals surface area (Å²) in [5.41, 5.74) is 4.67. The SMILES string of the molecule is COc1cc([C@@H]2[C@@H](Cl)C(=O)N2NC(=O)c2cc(-c3ccc(Cl)cc3)n[nH]2)ccc1O. The summed E-state index contributed by atoms with van der Waals surface area (Å²) in [6, 6.07) is 12.6. The number of benzene rings is 2. The van der Waals surface area contributed by atoms with Crippen molar-refractivity contribution in [1.82, 2.24) is 20.6 Å². The maximum atomic E-state index is 12.6. The van der Waals surface area contributed by atoms with Crippen molar-refractivity contribution in [2.24, 2.45) is 0 Å². The molecular formula is C20H16Cl2N4O4. The predicted molar refractivity (Wildman–Crippen MR) is 110 cm³/mol. The molecule has 1 aromatic heterocycles. The number of carbonyl (C=O) groups excluding carboxylic acids is 2. The Labute approximate surface area is 181 Å². The molecule has 154 valence electrons. The zero-order chi connectivity index (χ0) is 21.4. The number of β-lactam (4-membered cyclic amide) rings is 1. The van der Waals surface area contributed by atoms with E-state index < -0.39 is 23.2 Å². The Morgan fingerprint density at radius 1 is 1.23 bits per heavy atom. The van der Waals surface area contributed by atoms with E-state index in [4.69, 9.17) is 27.9 Å². The molecule has 0 bridgehead atoms. The van der Waals surface area contributed by atoms with E-state index in [-0.39, 0.29) is 17.2 Å². The van der Waals surface area contributed by atoms with Gasteiger partial charge in [0.25, 0.3) is 11.8 Å². The first-order valence-corrected chi connectivity index (χ1v) is 9.67. The number of methoxy groups -OCH3 is 1. The molecule has 10 heteroatoms. The van der Waals surface area contributed by atoms with Gasteiger partial charge in [-0.25, -0.2) is 5.01 Å². The fourth-order valence-electron chi connectivity index (χ4n) is 3.15. The number of phenolic OH excluding ortho intramolecular Hbond substituents is 1. The van der Waals surface area contributed by atoms with Gasteiger partial charge in [0.15, 0.2) is 11.5 Å². The van der Waals surface area contributed by atoms with Crippen molar-refractivity contribution in [3.63, 3.8) is 0 Å². The number of rotatable bonds is 5. The van der Waals surface area contributed by atoms with Crippen LogP contribution in [0.15, 0.2) is 48.5 Å². The van der Waals surface area contributed by atoms with Gasteiger partial charge in [-0.3, -0.25) is 20.1 Å². The van der Waals surface area contributed by atoms with Crippen molar-refractivity contribution in [1.29, 1.82) is 0 Å². The average Bonchev–Trinajstić information content (AvgIpc) is 3.25. The molecule has 1 aliphatic heterocycles. The van der Waals surface area contributed by atoms with Crippen LogP contribution >= 0.6 is 23.2 Å². The standard InChI is InChI=1S/C20H16Cl2N4O4/c1-30-16-8-11(4-7-15(16)27)18-17(22)20(29)26(18)25-19(28)14-9-13(23-24-14)10-2-5-12(21)6-3-10/h2-9,17-18,27H,1H3,(H,23,24)(H,25,28)/t17-,18-/m1/s1. The molecular weight excluding hydrogens is 431 g/mol. The number of nitrogens with zero attached hydrogens (tertiary/aromatic N) is 2. The third kappa shape index (κ3) is 3.55. The Hall–Kier alpha value is -3.23. The van der Waals surface area contributed by atoms with Crippen molar-refractivity contribution in [2.45, 2.75) is 11.4 Å². The summed E-state index contributed by atoms with van der Waals surface area (Å²) < 4.78 is 5.10. The number of carbonyl (C=O) groups is 2. The number of hydrazine groups is 1. The monoisotopic (exact) mass is 446 g/mol. The summed E-state index contributed by atoms with van der Waals surface area (Å²) in [7, 11) is 1.42. The summed E-state index contributed by atoms with van der Waals surface area (Å²) in [6.07, 6.45) is 0. The number of alkyl halides is 1. The fourth-order valence-corrected chi connectivity index (χ4v) is 3.64. The minimum absolute atomic E-state index is 0.0409. The summed E-state index contributed by atoms with van der Waals surface area (Å²) in [4.78, 5) is 24.9. The number of hydrogen-bond acceptors (Lipinski definition) is 5. The van der Waals surface area contributed by atoms with Crippen LogP contribution in [0.3, 0.4) is 0 Å². The van der Waals surface area contributed by atoms with Gasteiger partial charge in [0.2, 0.25) is 0 Å². The lowest BCUT2D eigenvalue weighted by Crippen LogP contribution is -2.63. The van der Waals surface area contributed by atoms with Crippen molar-refractivity contribution in [3.8, 4) is 22.8 Å². The zero-order valence-electron chi connectivity index (χ0n) is 15.6. The van der Waals surface area contributed by atoms with E-state index in [1.54, 1.807) is 42.5 Å². The normalized spacial score (nSPS) is 18.1. The lowest BCUT2D eigenvalue weighted by Gasteiger charge is -2.43. The van der Waals surface area contributed by atoms with Crippen molar-refractivity contribution in [3.05, 3.63) is 64.8 Å². The van der Waals surface area contributed by atoms with Crippen LogP contribution in [0.4, 0.5) is 0 Å². The first-order chi connectivity index (χ1) is 14.4. The van der Waals surface area contributed by atoms with E-state index >= 15 is 0 Å². The molecule has 8 nitrogen and oxygen atoms in total. The Morgan fingerprint density at radius 2 is 1.97 bits per heavy atom. The molecule has 0 saturated carbocycles. The molecule has 0 aliphatic carbocycles. The number of aromatic amines is 1. The van der Waals surface area contributed by atoms with Gasteiger partial charge in [-0.2, -0.15) is 5.10 Å². The summed E-state index contributed by atoms with van der Waals surface area (Å²) in [5, 5.41) is 17.4. The minimum Gasteiger partial charge on any atom is -0.504 e. The van der Waals surface area contributed by atoms with Gasteiger partial charge < -0.3 is 9.84 Å². The van der Waals surface area contributed by atoms with Crippen LogP contribution in [-0.4, -0.2) is 44.6 Å². The fraction of sp³-hybridized carbons (Fsp3) is 0.150. The predicted octanol–water partition coefficient (Wildman–Crippen LogP) is 3.28. The van der Waals surface area contributed by atoms with E-state index in [1.165, 1.54) is 13.2 Å². The third-order valence-electron chi connectivity index (χ3n) is 4.76. The van der Waals surface area contributed by atoms with Gasteiger partial charge in [0.05, 0.1) is 12.8 Å². The Morgan fingerprint density at radius 3 is 2.67 bits per heavy atom. The minimum atomic E-state index is -0.856. The smallest absolute Gasteiger partial charge is 0.287 e. The second kappa shape index (κ2) is 7.89. The number of halogens is 2. The molecule has 3 aromatic rings. The number of nitrogens with one attached hydrogen (secondary N) is 2. The molecule has 2 amide bonds. The number of aromatic nitrogens is 2. The molecule has 2 atom stereocenters. The molecule has 3 N–H and O–H groups in total. The summed E-state index contributed by atoms with van der Waals surface area (Å²) in [5.74, 6) is -0.793. The van der Waals surface area contributed by atoms with Crippen molar-refractivity contribution < 1.29 is 19.4 Å². The van der Waals surface area contributed by atoms with E-state index in [9.17, 15) is 14.7 Å². The van der Waals surface area contributed by atoms with Crippen molar-refractivity contribution in [2.75, 3.05) is 7.11 Å². The lowest BCUT2D eigenvalue weighted by atomic mass is 9.95. The lowest BCUT2D eigenvalue weighted by molar-refractivity contribution is -0.149. The highest BCUT2D eigenvalue weighted by Gasteiger charge is 2.48. The average molecular weight is 447 g/mol. The highest BCUT2D eigenvalue weighted by Crippen LogP contribution is 2.40. The molecule has 0 unspecified atom stereocenters.